The molecule has 4 heterocycles. The van der Waals surface area contributed by atoms with Gasteiger partial charge in [-0.05, 0) is 188 Å². The van der Waals surface area contributed by atoms with E-state index in [1.165, 1.54) is 38.8 Å². The quantitative estimate of drug-likeness (QED) is 0.0874. The van der Waals surface area contributed by atoms with Gasteiger partial charge >= 0.3 is 0 Å². The number of para-hydroxylation sites is 2. The minimum absolute atomic E-state index is 0.0241. The molecule has 12 rings (SSSR count). The normalized spacial score (nSPS) is 13.1. The molecule has 0 aliphatic carbocycles. The minimum atomic E-state index is -1.45. The highest BCUT2D eigenvalue weighted by Gasteiger charge is 2.32. The molecule has 0 radical (unpaired) electrons. The lowest BCUT2D eigenvalue weighted by Gasteiger charge is -2.23. The van der Waals surface area contributed by atoms with Gasteiger partial charge < -0.3 is 29.2 Å². The number of Topliss-reactive ketones (excluding diaryl/α,β-unsaturated/α-hetero) is 6. The van der Waals surface area contributed by atoms with E-state index in [1.54, 1.807) is 48.5 Å². The topological polar surface area (TPSA) is 180 Å². The van der Waals surface area contributed by atoms with Crippen molar-refractivity contribution in [3.8, 4) is 46.0 Å². The summed E-state index contributed by atoms with van der Waals surface area (Å²) < 4.78 is 22.3. The van der Waals surface area contributed by atoms with Crippen molar-refractivity contribution in [1.82, 2.24) is 0 Å². The summed E-state index contributed by atoms with van der Waals surface area (Å²) in [5, 5.41) is 19.9. The molecule has 0 saturated carbocycles. The zero-order valence-corrected chi connectivity index (χ0v) is 55.9. The average Bonchev–Trinajstić information content (AvgIpc) is 0.967. The largest absolute Gasteiger partial charge is 0.457 e. The van der Waals surface area contributed by atoms with Crippen LogP contribution in [0.25, 0.3) is 0 Å². The van der Waals surface area contributed by atoms with Crippen molar-refractivity contribution in [2.75, 3.05) is 0 Å². The van der Waals surface area contributed by atoms with E-state index in [4.69, 9.17) is 18.9 Å². The van der Waals surface area contributed by atoms with Crippen molar-refractivity contribution in [2.45, 2.75) is 129 Å². The van der Waals surface area contributed by atoms with Crippen LogP contribution in [0.15, 0.2) is 158 Å². The standard InChI is InChI=1S/C21H20Br2O3.C21H22O5.C21H22O3.C13H10O/c1-20(2,22)18(24)12-5-7-16-14(9-12)11-15-10-13(6-8-17(15)26-16)19(25)21(3,4)23;1-20(2,24)18(22)12-5-7-16-14(9-12)11-15-10-13(6-8-17(15)26-16)19(23)21(3,4)25;1-12(2)20(22)14-5-7-18-16(9-14)11-17-10-15(21(23)13(3)4)6-8-19(17)24-18;1-3-7-12-10(5-1)9-11-6-2-4-8-13(11)14-12/h5-10H,11H2,1-4H3;5-10,24-25H,11H2,1-4H3;5-10,12-13H,11H2,1-4H3;1-8H,9H2. The van der Waals surface area contributed by atoms with Crippen LogP contribution in [-0.2, 0) is 25.7 Å². The molecular weight excluding hydrogens is 1260 g/mol. The number of ketones is 6. The maximum absolute atomic E-state index is 12.5. The van der Waals surface area contributed by atoms with Gasteiger partial charge in [-0.2, -0.15) is 0 Å². The van der Waals surface area contributed by atoms with Gasteiger partial charge in [-0.25, -0.2) is 0 Å². The first-order chi connectivity index (χ1) is 42.2. The summed E-state index contributed by atoms with van der Waals surface area (Å²) >= 11 is 6.85. The molecule has 2 N–H and O–H groups in total. The fourth-order valence-electron chi connectivity index (χ4n) is 10.6. The van der Waals surface area contributed by atoms with E-state index in [-0.39, 0.29) is 46.5 Å². The molecule has 0 spiro atoms. The second-order valence-corrected chi connectivity index (χ2v) is 29.6. The third-order valence-electron chi connectivity index (χ3n) is 15.6. The number of rotatable bonds is 12. The molecule has 0 fully saturated rings. The molecule has 464 valence electrons. The third-order valence-corrected chi connectivity index (χ3v) is 16.3. The number of hydrogen-bond donors (Lipinski definition) is 2. The second kappa shape index (κ2) is 26.4. The average molecular weight is 1340 g/mol. The maximum atomic E-state index is 12.5. The second-order valence-electron chi connectivity index (χ2n) is 25.7. The van der Waals surface area contributed by atoms with Crippen molar-refractivity contribution in [1.29, 1.82) is 0 Å². The molecule has 12 nitrogen and oxygen atoms in total. The van der Waals surface area contributed by atoms with E-state index in [1.807, 2.05) is 140 Å². The number of fused-ring (bicyclic) bond motifs is 8. The lowest BCUT2D eigenvalue weighted by atomic mass is 9.90. The summed E-state index contributed by atoms with van der Waals surface area (Å²) in [7, 11) is 0. The first-order valence-electron chi connectivity index (χ1n) is 30.0. The SMILES string of the molecule is CC(C)(Br)C(=O)c1ccc2c(c1)Cc1cc(C(=O)C(C)(C)Br)ccc1O2.CC(C)(O)C(=O)c1ccc2c(c1)Cc1cc(C(=O)C(C)(C)O)ccc1O2.CC(C)C(=O)c1ccc2c(c1)Cc1cc(C(=O)C(C)C)ccc1O2.c1ccc2c(c1)Cc1ccccc1O2. The van der Waals surface area contributed by atoms with Gasteiger partial charge in [-0.1, -0.05) is 96.0 Å². The van der Waals surface area contributed by atoms with Crippen LogP contribution in [0.3, 0.4) is 0 Å². The molecule has 14 heteroatoms. The Bertz CT molecular complexity index is 3690. The number of ether oxygens (including phenoxy) is 4. The molecule has 0 atom stereocenters. The van der Waals surface area contributed by atoms with Crippen LogP contribution in [-0.4, -0.2) is 64.8 Å². The Hall–Kier alpha value is -8.14. The van der Waals surface area contributed by atoms with Gasteiger partial charge in [0.05, 0.1) is 8.65 Å². The predicted octanol–water partition coefficient (Wildman–Crippen LogP) is 17.8. The lowest BCUT2D eigenvalue weighted by Crippen LogP contribution is -2.31. The molecule has 8 aromatic rings. The molecule has 4 aliphatic heterocycles. The number of carbonyl (C=O) groups is 6. The Balaban J connectivity index is 0.000000145. The summed E-state index contributed by atoms with van der Waals surface area (Å²) in [4.78, 5) is 74.0. The fraction of sp³-hybridized carbons (Fsp3) is 0.289. The predicted molar refractivity (Wildman–Crippen MR) is 357 cm³/mol. The maximum Gasteiger partial charge on any atom is 0.193 e. The monoisotopic (exact) mass is 1340 g/mol. The molecule has 4 aliphatic rings. The van der Waals surface area contributed by atoms with Crippen molar-refractivity contribution in [3.05, 3.63) is 236 Å². The Labute approximate surface area is 543 Å². The number of hydrogen-bond acceptors (Lipinski definition) is 12. The Kier molecular flexibility index (Phi) is 19.4. The minimum Gasteiger partial charge on any atom is -0.457 e. The van der Waals surface area contributed by atoms with Gasteiger partial charge in [0.2, 0.25) is 0 Å². The van der Waals surface area contributed by atoms with Crippen molar-refractivity contribution < 1.29 is 57.9 Å². The number of carbonyl (C=O) groups excluding carboxylic acids is 6. The van der Waals surface area contributed by atoms with Crippen LogP contribution in [0, 0.1) is 11.8 Å². The van der Waals surface area contributed by atoms with Crippen LogP contribution < -0.4 is 18.9 Å². The lowest BCUT2D eigenvalue weighted by molar-refractivity contribution is 0.0487. The first kappa shape index (κ1) is 66.3. The highest BCUT2D eigenvalue weighted by Crippen LogP contribution is 2.42. The summed E-state index contributed by atoms with van der Waals surface area (Å²) in [6, 6.07) is 48.7. The molecule has 0 amide bonds. The number of halogens is 2. The van der Waals surface area contributed by atoms with Gasteiger partial charge in [-0.15, -0.1) is 0 Å². The summed E-state index contributed by atoms with van der Waals surface area (Å²) in [5.74, 6) is 5.86. The van der Waals surface area contributed by atoms with Crippen molar-refractivity contribution in [3.63, 3.8) is 0 Å². The molecular formula is C76H74Br2O12. The number of benzene rings is 8. The molecule has 8 aromatic carbocycles. The van der Waals surface area contributed by atoms with Crippen molar-refractivity contribution in [2.24, 2.45) is 11.8 Å². The summed E-state index contributed by atoms with van der Waals surface area (Å²) in [6.07, 6.45) is 2.76. The van der Waals surface area contributed by atoms with Gasteiger partial charge in [0.1, 0.15) is 57.2 Å². The molecule has 0 aromatic heterocycles. The number of alkyl halides is 2. The first-order valence-corrected chi connectivity index (χ1v) is 31.6. The molecule has 0 unspecified atom stereocenters. The summed E-state index contributed by atoms with van der Waals surface area (Å²) in [5.41, 5.74) is 8.66. The van der Waals surface area contributed by atoms with E-state index in [9.17, 15) is 39.0 Å². The van der Waals surface area contributed by atoms with Crippen LogP contribution in [0.4, 0.5) is 0 Å². The summed E-state index contributed by atoms with van der Waals surface area (Å²) in [6.45, 7) is 20.7. The van der Waals surface area contributed by atoms with Gasteiger partial charge in [0.15, 0.2) is 34.7 Å². The Morgan fingerprint density at radius 1 is 0.322 bits per heavy atom. The van der Waals surface area contributed by atoms with Gasteiger partial charge in [0, 0.05) is 104 Å². The van der Waals surface area contributed by atoms with E-state index < -0.39 is 19.9 Å². The smallest absolute Gasteiger partial charge is 0.193 e. The number of aliphatic hydroxyl groups is 2. The molecule has 0 bridgehead atoms. The van der Waals surface area contributed by atoms with Crippen LogP contribution >= 0.6 is 31.9 Å². The van der Waals surface area contributed by atoms with Gasteiger partial charge in [-0.3, -0.25) is 28.8 Å². The fourth-order valence-corrected chi connectivity index (χ4v) is 11.1. The van der Waals surface area contributed by atoms with E-state index in [0.717, 1.165) is 74.3 Å². The highest BCUT2D eigenvalue weighted by molar-refractivity contribution is 9.10. The van der Waals surface area contributed by atoms with Crippen molar-refractivity contribution >= 4 is 66.6 Å². The molecule has 0 saturated heterocycles. The van der Waals surface area contributed by atoms with E-state index in [0.29, 0.717) is 64.1 Å². The van der Waals surface area contributed by atoms with Gasteiger partial charge in [0.25, 0.3) is 0 Å². The van der Waals surface area contributed by atoms with Crippen LogP contribution in [0.1, 0.15) is 190 Å². The highest BCUT2D eigenvalue weighted by atomic mass is 79.9. The zero-order chi connectivity index (χ0) is 65.4. The van der Waals surface area contributed by atoms with E-state index >= 15 is 0 Å². The van der Waals surface area contributed by atoms with E-state index in [2.05, 4.69) is 56.1 Å². The Morgan fingerprint density at radius 3 is 0.778 bits per heavy atom. The van der Waals surface area contributed by atoms with Crippen LogP contribution in [0.2, 0.25) is 0 Å². The molecule has 90 heavy (non-hydrogen) atoms. The zero-order valence-electron chi connectivity index (χ0n) is 52.7. The Morgan fingerprint density at radius 2 is 0.533 bits per heavy atom. The third kappa shape index (κ3) is 15.4. The van der Waals surface area contributed by atoms with Crippen LogP contribution in [0.5, 0.6) is 46.0 Å².